The number of hydrogen-bond acceptors (Lipinski definition) is 4. The van der Waals surface area contributed by atoms with Crippen LogP contribution in [0.15, 0.2) is 18.2 Å². The molecule has 7 heteroatoms. The third-order valence-electron chi connectivity index (χ3n) is 3.92. The number of carbonyl (C=O) groups excluding carboxylic acids is 1. The molecule has 2 heterocycles. The van der Waals surface area contributed by atoms with E-state index in [0.717, 1.165) is 5.56 Å². The number of rotatable bonds is 2. The Morgan fingerprint density at radius 1 is 1.48 bits per heavy atom. The summed E-state index contributed by atoms with van der Waals surface area (Å²) in [6, 6.07) is 5.24. The normalized spacial score (nSPS) is 29.7. The first-order valence-corrected chi connectivity index (χ1v) is 8.94. The zero-order chi connectivity index (χ0) is 15.3. The van der Waals surface area contributed by atoms with Crippen molar-refractivity contribution in [2.45, 2.75) is 31.4 Å². The van der Waals surface area contributed by atoms with Crippen molar-refractivity contribution in [2.24, 2.45) is 0 Å². The summed E-state index contributed by atoms with van der Waals surface area (Å²) in [5.41, 5.74) is 0.193. The van der Waals surface area contributed by atoms with Gasteiger partial charge in [0.1, 0.15) is 5.75 Å². The Balaban J connectivity index is 1.68. The van der Waals surface area contributed by atoms with E-state index >= 15 is 0 Å². The Morgan fingerprint density at radius 3 is 2.90 bits per heavy atom. The van der Waals surface area contributed by atoms with Gasteiger partial charge in [-0.2, -0.15) is 0 Å². The van der Waals surface area contributed by atoms with Gasteiger partial charge in [0.15, 0.2) is 15.9 Å². The SMILES string of the molecule is CC1(NC(=O)C2Cc3cc(Cl)ccc3O2)CCS(=O)(=O)C1. The predicted octanol–water partition coefficient (Wildman–Crippen LogP) is 1.34. The Kier molecular flexibility index (Phi) is 3.41. The fourth-order valence-electron chi connectivity index (χ4n) is 2.85. The molecule has 0 saturated carbocycles. The Hall–Kier alpha value is -1.27. The Labute approximate surface area is 128 Å². The smallest absolute Gasteiger partial charge is 0.261 e. The molecule has 2 aliphatic heterocycles. The minimum Gasteiger partial charge on any atom is -0.480 e. The van der Waals surface area contributed by atoms with Gasteiger partial charge in [0.25, 0.3) is 5.91 Å². The van der Waals surface area contributed by atoms with Crippen LogP contribution in [0.4, 0.5) is 0 Å². The number of nitrogens with one attached hydrogen (secondary N) is 1. The lowest BCUT2D eigenvalue weighted by molar-refractivity contribution is -0.128. The van der Waals surface area contributed by atoms with Gasteiger partial charge in [-0.15, -0.1) is 0 Å². The first-order chi connectivity index (χ1) is 9.76. The first-order valence-electron chi connectivity index (χ1n) is 6.74. The molecule has 0 aromatic heterocycles. The van der Waals surface area contributed by atoms with Crippen LogP contribution in [0, 0.1) is 0 Å². The van der Waals surface area contributed by atoms with Crippen molar-refractivity contribution in [3.63, 3.8) is 0 Å². The number of amides is 1. The van der Waals surface area contributed by atoms with Crippen LogP contribution in [0.2, 0.25) is 5.02 Å². The van der Waals surface area contributed by atoms with E-state index in [2.05, 4.69) is 5.32 Å². The lowest BCUT2D eigenvalue weighted by atomic mass is 10.0. The summed E-state index contributed by atoms with van der Waals surface area (Å²) in [6.45, 7) is 1.76. The number of ether oxygens (including phenoxy) is 1. The molecule has 0 spiro atoms. The van der Waals surface area contributed by atoms with E-state index in [-0.39, 0.29) is 17.4 Å². The number of halogens is 1. The van der Waals surface area contributed by atoms with Gasteiger partial charge in [0.05, 0.1) is 17.0 Å². The van der Waals surface area contributed by atoms with E-state index in [1.807, 2.05) is 0 Å². The first kappa shape index (κ1) is 14.7. The highest BCUT2D eigenvalue weighted by atomic mass is 35.5. The van der Waals surface area contributed by atoms with Crippen LogP contribution >= 0.6 is 11.6 Å². The van der Waals surface area contributed by atoms with Crippen LogP contribution in [-0.4, -0.2) is 37.5 Å². The van der Waals surface area contributed by atoms with Crippen LogP contribution in [0.5, 0.6) is 5.75 Å². The van der Waals surface area contributed by atoms with Crippen molar-refractivity contribution >= 4 is 27.3 Å². The molecule has 2 aliphatic rings. The molecule has 5 nitrogen and oxygen atoms in total. The third kappa shape index (κ3) is 3.01. The van der Waals surface area contributed by atoms with Gasteiger partial charge in [-0.1, -0.05) is 11.6 Å². The van der Waals surface area contributed by atoms with Crippen molar-refractivity contribution in [1.29, 1.82) is 0 Å². The van der Waals surface area contributed by atoms with Gasteiger partial charge in [0, 0.05) is 11.4 Å². The summed E-state index contributed by atoms with van der Waals surface area (Å²) >= 11 is 5.92. The summed E-state index contributed by atoms with van der Waals surface area (Å²) in [5.74, 6) is 0.480. The van der Waals surface area contributed by atoms with Crippen molar-refractivity contribution in [1.82, 2.24) is 5.32 Å². The second-order valence-corrected chi connectivity index (χ2v) is 8.58. The Morgan fingerprint density at radius 2 is 2.24 bits per heavy atom. The largest absolute Gasteiger partial charge is 0.480 e. The molecular formula is C14H16ClNO4S. The van der Waals surface area contributed by atoms with Gasteiger partial charge in [-0.25, -0.2) is 8.42 Å². The van der Waals surface area contributed by atoms with E-state index in [1.165, 1.54) is 0 Å². The molecule has 1 aromatic rings. The van der Waals surface area contributed by atoms with Crippen LogP contribution in [-0.2, 0) is 21.1 Å². The van der Waals surface area contributed by atoms with E-state index in [4.69, 9.17) is 16.3 Å². The molecule has 1 saturated heterocycles. The number of sulfone groups is 1. The van der Waals surface area contributed by atoms with Crippen molar-refractivity contribution in [3.05, 3.63) is 28.8 Å². The fourth-order valence-corrected chi connectivity index (χ4v) is 5.14. The van der Waals surface area contributed by atoms with Crippen LogP contribution in [0.3, 0.4) is 0 Å². The summed E-state index contributed by atoms with van der Waals surface area (Å²) in [5, 5.41) is 3.43. The van der Waals surface area contributed by atoms with Crippen molar-refractivity contribution in [3.8, 4) is 5.75 Å². The highest BCUT2D eigenvalue weighted by Crippen LogP contribution is 2.32. The average Bonchev–Trinajstić information content (AvgIpc) is 2.90. The minimum absolute atomic E-state index is 0.0166. The summed E-state index contributed by atoms with van der Waals surface area (Å²) < 4.78 is 28.7. The molecular weight excluding hydrogens is 314 g/mol. The summed E-state index contributed by atoms with van der Waals surface area (Å²) in [4.78, 5) is 12.3. The topological polar surface area (TPSA) is 72.5 Å². The highest BCUT2D eigenvalue weighted by molar-refractivity contribution is 7.91. The van der Waals surface area contributed by atoms with E-state index in [0.29, 0.717) is 23.6 Å². The highest BCUT2D eigenvalue weighted by Gasteiger charge is 2.41. The molecule has 0 bridgehead atoms. The monoisotopic (exact) mass is 329 g/mol. The Bertz CT molecular complexity index is 703. The standard InChI is InChI=1S/C14H16ClNO4S/c1-14(4-5-21(18,19)8-14)16-13(17)12-7-9-6-10(15)2-3-11(9)20-12/h2-3,6,12H,4-5,7-8H2,1H3,(H,16,17). The molecule has 1 amide bonds. The molecule has 114 valence electrons. The lowest BCUT2D eigenvalue weighted by Gasteiger charge is -2.25. The van der Waals surface area contributed by atoms with E-state index in [9.17, 15) is 13.2 Å². The molecule has 1 aromatic carbocycles. The van der Waals surface area contributed by atoms with E-state index < -0.39 is 21.5 Å². The van der Waals surface area contributed by atoms with Crippen LogP contribution in [0.25, 0.3) is 0 Å². The van der Waals surface area contributed by atoms with Crippen molar-refractivity contribution in [2.75, 3.05) is 11.5 Å². The molecule has 21 heavy (non-hydrogen) atoms. The van der Waals surface area contributed by atoms with Gasteiger partial charge in [-0.05, 0) is 37.1 Å². The van der Waals surface area contributed by atoms with Gasteiger partial charge >= 0.3 is 0 Å². The third-order valence-corrected chi connectivity index (χ3v) is 6.06. The second kappa shape index (κ2) is 4.88. The van der Waals surface area contributed by atoms with Gasteiger partial charge in [0.2, 0.25) is 0 Å². The predicted molar refractivity (Wildman–Crippen MR) is 79.4 cm³/mol. The minimum atomic E-state index is -3.06. The van der Waals surface area contributed by atoms with Gasteiger partial charge < -0.3 is 10.1 Å². The van der Waals surface area contributed by atoms with E-state index in [1.54, 1.807) is 25.1 Å². The fraction of sp³-hybridized carbons (Fsp3) is 0.500. The molecule has 3 rings (SSSR count). The molecule has 0 radical (unpaired) electrons. The number of hydrogen-bond donors (Lipinski definition) is 1. The molecule has 1 fully saturated rings. The average molecular weight is 330 g/mol. The maximum Gasteiger partial charge on any atom is 0.261 e. The quantitative estimate of drug-likeness (QED) is 0.888. The second-order valence-electron chi connectivity index (χ2n) is 5.95. The zero-order valence-electron chi connectivity index (χ0n) is 11.6. The van der Waals surface area contributed by atoms with Crippen molar-refractivity contribution < 1.29 is 17.9 Å². The maximum atomic E-state index is 12.3. The summed E-state index contributed by atoms with van der Waals surface area (Å²) in [7, 11) is -3.06. The number of carbonyl (C=O) groups is 1. The van der Waals surface area contributed by atoms with Crippen LogP contribution in [0.1, 0.15) is 18.9 Å². The lowest BCUT2D eigenvalue weighted by Crippen LogP contribution is -2.51. The number of benzene rings is 1. The zero-order valence-corrected chi connectivity index (χ0v) is 13.1. The number of fused-ring (bicyclic) bond motifs is 1. The van der Waals surface area contributed by atoms with Gasteiger partial charge in [-0.3, -0.25) is 4.79 Å². The summed E-state index contributed by atoms with van der Waals surface area (Å²) in [6.07, 6.45) is 0.260. The molecule has 2 atom stereocenters. The maximum absolute atomic E-state index is 12.3. The molecule has 0 aliphatic carbocycles. The molecule has 2 unspecified atom stereocenters. The van der Waals surface area contributed by atoms with Crippen LogP contribution < -0.4 is 10.1 Å². The molecule has 1 N–H and O–H groups in total.